The Bertz CT molecular complexity index is 672. The van der Waals surface area contributed by atoms with Crippen molar-refractivity contribution in [3.63, 3.8) is 0 Å². The standard InChI is InChI=1S/C12H11BrN2O3S/c1-19(16,17)11-4-2-3-10(5-11)18-12-14-7-9(6-13)8-15-12/h2-5,7-8H,6H2,1H3. The molecule has 2 aromatic rings. The minimum atomic E-state index is -3.26. The van der Waals surface area contributed by atoms with Crippen molar-refractivity contribution in [1.29, 1.82) is 0 Å². The van der Waals surface area contributed by atoms with E-state index in [1.165, 1.54) is 12.1 Å². The molecule has 0 saturated carbocycles. The summed E-state index contributed by atoms with van der Waals surface area (Å²) >= 11 is 3.29. The SMILES string of the molecule is CS(=O)(=O)c1cccc(Oc2ncc(CBr)cn2)c1. The van der Waals surface area contributed by atoms with E-state index < -0.39 is 9.84 Å². The topological polar surface area (TPSA) is 69.2 Å². The predicted octanol–water partition coefficient (Wildman–Crippen LogP) is 2.57. The summed E-state index contributed by atoms with van der Waals surface area (Å²) in [5, 5.41) is 0.664. The summed E-state index contributed by atoms with van der Waals surface area (Å²) in [5.74, 6) is 0.384. The van der Waals surface area contributed by atoms with Crippen molar-refractivity contribution in [2.75, 3.05) is 6.26 Å². The number of alkyl halides is 1. The zero-order valence-corrected chi connectivity index (χ0v) is 12.5. The van der Waals surface area contributed by atoms with E-state index in [4.69, 9.17) is 4.74 Å². The summed E-state index contributed by atoms with van der Waals surface area (Å²) in [4.78, 5) is 8.24. The summed E-state index contributed by atoms with van der Waals surface area (Å²) < 4.78 is 28.3. The molecule has 100 valence electrons. The van der Waals surface area contributed by atoms with Crippen LogP contribution in [0.2, 0.25) is 0 Å². The third-order valence-electron chi connectivity index (χ3n) is 2.28. The molecule has 5 nitrogen and oxygen atoms in total. The first-order valence-electron chi connectivity index (χ1n) is 5.34. The van der Waals surface area contributed by atoms with Crippen LogP contribution in [0.3, 0.4) is 0 Å². The second kappa shape index (κ2) is 5.66. The number of hydrogen-bond donors (Lipinski definition) is 0. The lowest BCUT2D eigenvalue weighted by Crippen LogP contribution is -1.98. The van der Waals surface area contributed by atoms with Gasteiger partial charge in [-0.15, -0.1) is 0 Å². The molecule has 0 saturated heterocycles. The lowest BCUT2D eigenvalue weighted by atomic mass is 10.3. The van der Waals surface area contributed by atoms with Crippen LogP contribution in [0.15, 0.2) is 41.6 Å². The van der Waals surface area contributed by atoms with Gasteiger partial charge in [0.1, 0.15) is 5.75 Å². The molecule has 0 aliphatic rings. The van der Waals surface area contributed by atoms with Crippen LogP contribution in [-0.2, 0) is 15.2 Å². The highest BCUT2D eigenvalue weighted by Crippen LogP contribution is 2.21. The van der Waals surface area contributed by atoms with Gasteiger partial charge in [-0.25, -0.2) is 18.4 Å². The normalized spacial score (nSPS) is 11.3. The number of ether oxygens (including phenoxy) is 1. The van der Waals surface area contributed by atoms with E-state index in [2.05, 4.69) is 25.9 Å². The summed E-state index contributed by atoms with van der Waals surface area (Å²) in [6.07, 6.45) is 4.42. The van der Waals surface area contributed by atoms with E-state index >= 15 is 0 Å². The first-order chi connectivity index (χ1) is 8.99. The Morgan fingerprint density at radius 2 is 1.95 bits per heavy atom. The summed E-state index contributed by atoms with van der Waals surface area (Å²) in [6.45, 7) is 0. The number of benzene rings is 1. The van der Waals surface area contributed by atoms with Crippen molar-refractivity contribution in [3.8, 4) is 11.8 Å². The van der Waals surface area contributed by atoms with Gasteiger partial charge in [-0.3, -0.25) is 0 Å². The molecule has 19 heavy (non-hydrogen) atoms. The van der Waals surface area contributed by atoms with E-state index in [1.807, 2.05) is 0 Å². The quantitative estimate of drug-likeness (QED) is 0.798. The Morgan fingerprint density at radius 3 is 2.53 bits per heavy atom. The monoisotopic (exact) mass is 342 g/mol. The van der Waals surface area contributed by atoms with Crippen molar-refractivity contribution in [2.24, 2.45) is 0 Å². The van der Waals surface area contributed by atoms with Gasteiger partial charge >= 0.3 is 6.01 Å². The van der Waals surface area contributed by atoms with Gasteiger partial charge in [0.15, 0.2) is 9.84 Å². The van der Waals surface area contributed by atoms with E-state index in [-0.39, 0.29) is 10.9 Å². The molecule has 0 aliphatic heterocycles. The van der Waals surface area contributed by atoms with Gasteiger partial charge in [-0.1, -0.05) is 22.0 Å². The molecule has 1 heterocycles. The molecular weight excluding hydrogens is 332 g/mol. The molecule has 1 aromatic carbocycles. The summed E-state index contributed by atoms with van der Waals surface area (Å²) in [6, 6.07) is 6.39. The van der Waals surface area contributed by atoms with Crippen molar-refractivity contribution in [2.45, 2.75) is 10.2 Å². The van der Waals surface area contributed by atoms with Crippen LogP contribution in [0.25, 0.3) is 0 Å². The van der Waals surface area contributed by atoms with Crippen LogP contribution < -0.4 is 4.74 Å². The Hall–Kier alpha value is -1.47. The molecule has 0 spiro atoms. The first-order valence-corrected chi connectivity index (χ1v) is 8.35. The van der Waals surface area contributed by atoms with Crippen molar-refractivity contribution in [3.05, 3.63) is 42.2 Å². The van der Waals surface area contributed by atoms with Crippen molar-refractivity contribution < 1.29 is 13.2 Å². The maximum Gasteiger partial charge on any atom is 0.321 e. The average molecular weight is 343 g/mol. The van der Waals surface area contributed by atoms with Crippen LogP contribution >= 0.6 is 15.9 Å². The molecule has 0 atom stereocenters. The molecular formula is C12H11BrN2O3S. The van der Waals surface area contributed by atoms with Crippen LogP contribution in [-0.4, -0.2) is 24.6 Å². The van der Waals surface area contributed by atoms with Crippen LogP contribution in [0.4, 0.5) is 0 Å². The number of halogens is 1. The molecule has 0 radical (unpaired) electrons. The smallest absolute Gasteiger partial charge is 0.321 e. The largest absolute Gasteiger partial charge is 0.424 e. The molecule has 1 aromatic heterocycles. The predicted molar refractivity (Wildman–Crippen MR) is 74.3 cm³/mol. The van der Waals surface area contributed by atoms with Gasteiger partial charge in [0.25, 0.3) is 0 Å². The summed E-state index contributed by atoms with van der Waals surface area (Å²) in [5.41, 5.74) is 0.928. The number of hydrogen-bond acceptors (Lipinski definition) is 5. The van der Waals surface area contributed by atoms with Gasteiger partial charge in [0.05, 0.1) is 4.90 Å². The fourth-order valence-electron chi connectivity index (χ4n) is 1.34. The number of nitrogens with zero attached hydrogens (tertiary/aromatic N) is 2. The number of sulfone groups is 1. The molecule has 7 heteroatoms. The highest BCUT2D eigenvalue weighted by atomic mass is 79.9. The molecule has 2 rings (SSSR count). The number of aromatic nitrogens is 2. The van der Waals surface area contributed by atoms with Gasteiger partial charge < -0.3 is 4.74 Å². The zero-order chi connectivity index (χ0) is 13.9. The Balaban J connectivity index is 2.23. The molecule has 0 fully saturated rings. The lowest BCUT2D eigenvalue weighted by molar-refractivity contribution is 0.440. The Kier molecular flexibility index (Phi) is 4.16. The van der Waals surface area contributed by atoms with E-state index in [9.17, 15) is 8.42 Å². The third-order valence-corrected chi connectivity index (χ3v) is 4.04. The van der Waals surface area contributed by atoms with Crippen molar-refractivity contribution in [1.82, 2.24) is 9.97 Å². The van der Waals surface area contributed by atoms with Gasteiger partial charge in [0, 0.05) is 24.0 Å². The molecule has 0 unspecified atom stereocenters. The van der Waals surface area contributed by atoms with Crippen LogP contribution in [0.1, 0.15) is 5.56 Å². The minimum absolute atomic E-state index is 0.176. The molecule has 0 amide bonds. The number of rotatable bonds is 4. The van der Waals surface area contributed by atoms with Gasteiger partial charge in [-0.2, -0.15) is 0 Å². The molecule has 0 N–H and O–H groups in total. The maximum absolute atomic E-state index is 11.4. The third kappa shape index (κ3) is 3.74. The minimum Gasteiger partial charge on any atom is -0.424 e. The second-order valence-electron chi connectivity index (χ2n) is 3.86. The Labute approximate surface area is 119 Å². The van der Waals surface area contributed by atoms with E-state index in [0.29, 0.717) is 11.1 Å². The average Bonchev–Trinajstić information content (AvgIpc) is 2.39. The van der Waals surface area contributed by atoms with Gasteiger partial charge in [-0.05, 0) is 23.8 Å². The fraction of sp³-hybridized carbons (Fsp3) is 0.167. The maximum atomic E-state index is 11.4. The van der Waals surface area contributed by atoms with Crippen LogP contribution in [0, 0.1) is 0 Å². The van der Waals surface area contributed by atoms with Crippen molar-refractivity contribution >= 4 is 25.8 Å². The van der Waals surface area contributed by atoms with E-state index in [1.54, 1.807) is 24.5 Å². The van der Waals surface area contributed by atoms with Crippen LogP contribution in [0.5, 0.6) is 11.8 Å². The van der Waals surface area contributed by atoms with Gasteiger partial charge in [0.2, 0.25) is 0 Å². The molecule has 0 bridgehead atoms. The second-order valence-corrected chi connectivity index (χ2v) is 6.43. The zero-order valence-electron chi connectivity index (χ0n) is 10.1. The fourth-order valence-corrected chi connectivity index (χ4v) is 2.28. The lowest BCUT2D eigenvalue weighted by Gasteiger charge is -2.05. The Morgan fingerprint density at radius 1 is 1.26 bits per heavy atom. The highest BCUT2D eigenvalue weighted by Gasteiger charge is 2.09. The highest BCUT2D eigenvalue weighted by molar-refractivity contribution is 9.08. The van der Waals surface area contributed by atoms with E-state index in [0.717, 1.165) is 11.8 Å². The summed E-state index contributed by atoms with van der Waals surface area (Å²) in [7, 11) is -3.26. The first kappa shape index (κ1) is 14.0. The molecule has 0 aliphatic carbocycles.